The Balaban J connectivity index is 2.51. The van der Waals surface area contributed by atoms with Crippen LogP contribution in [0.2, 0.25) is 0 Å². The molecule has 0 aliphatic heterocycles. The van der Waals surface area contributed by atoms with E-state index in [9.17, 15) is 5.11 Å². The molecular weight excluding hydrogens is 252 g/mol. The minimum absolute atomic E-state index is 0.0468. The second-order valence-electron chi connectivity index (χ2n) is 6.42. The molecule has 0 aromatic carbocycles. The van der Waals surface area contributed by atoms with Crippen molar-refractivity contribution in [1.82, 2.24) is 10.2 Å². The van der Waals surface area contributed by atoms with Gasteiger partial charge in [0.25, 0.3) is 0 Å². The van der Waals surface area contributed by atoms with Crippen LogP contribution in [0.1, 0.15) is 46.5 Å². The molecule has 4 nitrogen and oxygen atoms in total. The van der Waals surface area contributed by atoms with E-state index in [1.54, 1.807) is 7.11 Å². The van der Waals surface area contributed by atoms with Gasteiger partial charge in [-0.25, -0.2) is 0 Å². The lowest BCUT2D eigenvalue weighted by Gasteiger charge is -2.38. The monoisotopic (exact) mass is 286 g/mol. The molecule has 0 amide bonds. The summed E-state index contributed by atoms with van der Waals surface area (Å²) in [6, 6.07) is 0.429. The van der Waals surface area contributed by atoms with Gasteiger partial charge in [0.15, 0.2) is 0 Å². The first-order valence-electron chi connectivity index (χ1n) is 8.17. The second-order valence-corrected chi connectivity index (χ2v) is 6.42. The summed E-state index contributed by atoms with van der Waals surface area (Å²) in [5.41, 5.74) is -0.0468. The Labute approximate surface area is 124 Å². The van der Waals surface area contributed by atoms with E-state index >= 15 is 0 Å². The predicted molar refractivity (Wildman–Crippen MR) is 84.0 cm³/mol. The molecule has 1 aliphatic rings. The molecule has 20 heavy (non-hydrogen) atoms. The highest BCUT2D eigenvalue weighted by Crippen LogP contribution is 2.38. The smallest absolute Gasteiger partial charge is 0.0616 e. The van der Waals surface area contributed by atoms with Gasteiger partial charge >= 0.3 is 0 Å². The Morgan fingerprint density at radius 1 is 1.40 bits per heavy atom. The fourth-order valence-corrected chi connectivity index (χ4v) is 3.57. The number of aliphatic hydroxyl groups excluding tert-OH is 1. The number of rotatable bonds is 10. The van der Waals surface area contributed by atoms with Crippen LogP contribution in [-0.4, -0.2) is 61.5 Å². The summed E-state index contributed by atoms with van der Waals surface area (Å²) in [6.07, 6.45) is 4.74. The minimum Gasteiger partial charge on any atom is -0.394 e. The van der Waals surface area contributed by atoms with Gasteiger partial charge in [-0.05, 0) is 38.3 Å². The lowest BCUT2D eigenvalue weighted by molar-refractivity contribution is 0.0979. The summed E-state index contributed by atoms with van der Waals surface area (Å²) in [5, 5.41) is 13.6. The van der Waals surface area contributed by atoms with Gasteiger partial charge in [-0.2, -0.15) is 0 Å². The largest absolute Gasteiger partial charge is 0.394 e. The summed E-state index contributed by atoms with van der Waals surface area (Å²) < 4.78 is 5.17. The molecule has 2 N–H and O–H groups in total. The fourth-order valence-electron chi connectivity index (χ4n) is 3.57. The van der Waals surface area contributed by atoms with E-state index in [0.717, 1.165) is 39.1 Å². The number of aliphatic hydroxyl groups is 1. The van der Waals surface area contributed by atoms with E-state index in [1.807, 2.05) is 0 Å². The molecule has 0 heterocycles. The average Bonchev–Trinajstić information content (AvgIpc) is 2.81. The second kappa shape index (κ2) is 8.98. The Bertz CT molecular complexity index is 261. The van der Waals surface area contributed by atoms with Crippen molar-refractivity contribution in [2.45, 2.75) is 58.0 Å². The van der Waals surface area contributed by atoms with E-state index in [0.29, 0.717) is 12.0 Å². The molecule has 0 radical (unpaired) electrons. The highest BCUT2D eigenvalue weighted by molar-refractivity contribution is 4.99. The first kappa shape index (κ1) is 17.9. The highest BCUT2D eigenvalue weighted by Gasteiger charge is 2.42. The zero-order valence-corrected chi connectivity index (χ0v) is 13.8. The lowest BCUT2D eigenvalue weighted by Crippen LogP contribution is -2.54. The third kappa shape index (κ3) is 4.99. The van der Waals surface area contributed by atoms with Crippen LogP contribution < -0.4 is 5.32 Å². The van der Waals surface area contributed by atoms with Gasteiger partial charge in [0, 0.05) is 25.2 Å². The molecule has 0 saturated heterocycles. The summed E-state index contributed by atoms with van der Waals surface area (Å²) >= 11 is 0. The summed E-state index contributed by atoms with van der Waals surface area (Å²) in [4.78, 5) is 2.44. The molecule has 0 bridgehead atoms. The van der Waals surface area contributed by atoms with E-state index in [4.69, 9.17) is 4.74 Å². The number of nitrogens with zero attached hydrogens (tertiary/aromatic N) is 1. The van der Waals surface area contributed by atoms with E-state index < -0.39 is 0 Å². The van der Waals surface area contributed by atoms with Gasteiger partial charge in [0.05, 0.1) is 13.2 Å². The molecule has 0 aromatic rings. The maximum absolute atomic E-state index is 9.90. The number of ether oxygens (including phenoxy) is 1. The van der Waals surface area contributed by atoms with Gasteiger partial charge in [0.2, 0.25) is 0 Å². The van der Waals surface area contributed by atoms with E-state index in [-0.39, 0.29) is 12.1 Å². The van der Waals surface area contributed by atoms with Crippen LogP contribution in [0.5, 0.6) is 0 Å². The molecule has 120 valence electrons. The number of hydrogen-bond acceptors (Lipinski definition) is 4. The van der Waals surface area contributed by atoms with Gasteiger partial charge in [-0.3, -0.25) is 0 Å². The van der Waals surface area contributed by atoms with E-state index in [1.165, 1.54) is 12.8 Å². The van der Waals surface area contributed by atoms with Gasteiger partial charge < -0.3 is 20.1 Å². The van der Waals surface area contributed by atoms with Crippen molar-refractivity contribution in [2.75, 3.05) is 40.0 Å². The standard InChI is InChI=1S/C16H34N2O2/c1-5-18(11-12-20-4)10-8-15-7-6-9-16(15,13-19)17-14(2)3/h14-15,17,19H,5-13H2,1-4H3. The highest BCUT2D eigenvalue weighted by atomic mass is 16.5. The third-order valence-electron chi connectivity index (χ3n) is 4.67. The normalized spacial score (nSPS) is 26.9. The summed E-state index contributed by atoms with van der Waals surface area (Å²) in [6.45, 7) is 10.8. The van der Waals surface area contributed by atoms with Crippen molar-refractivity contribution in [2.24, 2.45) is 5.92 Å². The van der Waals surface area contributed by atoms with Crippen molar-refractivity contribution in [3.63, 3.8) is 0 Å². The number of methoxy groups -OCH3 is 1. The minimum atomic E-state index is -0.0468. The van der Waals surface area contributed by atoms with Crippen molar-refractivity contribution < 1.29 is 9.84 Å². The predicted octanol–water partition coefficient (Wildman–Crippen LogP) is 1.87. The molecule has 4 heteroatoms. The maximum atomic E-state index is 9.90. The van der Waals surface area contributed by atoms with Crippen LogP contribution in [0.3, 0.4) is 0 Å². The first-order chi connectivity index (χ1) is 9.57. The van der Waals surface area contributed by atoms with Crippen molar-refractivity contribution >= 4 is 0 Å². The zero-order chi connectivity index (χ0) is 15.0. The lowest BCUT2D eigenvalue weighted by atomic mass is 9.84. The van der Waals surface area contributed by atoms with Crippen LogP contribution in [0.4, 0.5) is 0 Å². The summed E-state index contributed by atoms with van der Waals surface area (Å²) in [7, 11) is 1.76. The van der Waals surface area contributed by atoms with Gasteiger partial charge in [-0.1, -0.05) is 27.2 Å². The van der Waals surface area contributed by atoms with Crippen molar-refractivity contribution in [3.05, 3.63) is 0 Å². The topological polar surface area (TPSA) is 44.7 Å². The van der Waals surface area contributed by atoms with Crippen LogP contribution in [0, 0.1) is 5.92 Å². The van der Waals surface area contributed by atoms with Crippen molar-refractivity contribution in [1.29, 1.82) is 0 Å². The Kier molecular flexibility index (Phi) is 8.03. The van der Waals surface area contributed by atoms with Gasteiger partial charge in [0.1, 0.15) is 0 Å². The van der Waals surface area contributed by atoms with Crippen LogP contribution >= 0.6 is 0 Å². The SMILES string of the molecule is CCN(CCOC)CCC1CCCC1(CO)NC(C)C. The molecule has 0 spiro atoms. The molecular formula is C16H34N2O2. The zero-order valence-electron chi connectivity index (χ0n) is 13.8. The molecule has 1 aliphatic carbocycles. The van der Waals surface area contributed by atoms with Crippen LogP contribution in [0.25, 0.3) is 0 Å². The number of likely N-dealkylation sites (N-methyl/N-ethyl adjacent to an activating group) is 1. The average molecular weight is 286 g/mol. The molecule has 2 atom stereocenters. The Hall–Kier alpha value is -0.160. The number of nitrogens with one attached hydrogen (secondary N) is 1. The van der Waals surface area contributed by atoms with Crippen LogP contribution in [-0.2, 0) is 4.74 Å². The summed E-state index contributed by atoms with van der Waals surface area (Å²) in [5.74, 6) is 0.589. The van der Waals surface area contributed by atoms with Gasteiger partial charge in [-0.15, -0.1) is 0 Å². The molecule has 0 aromatic heterocycles. The first-order valence-corrected chi connectivity index (χ1v) is 8.17. The number of hydrogen-bond donors (Lipinski definition) is 2. The quantitative estimate of drug-likeness (QED) is 0.643. The Morgan fingerprint density at radius 3 is 2.70 bits per heavy atom. The molecule has 1 saturated carbocycles. The maximum Gasteiger partial charge on any atom is 0.0616 e. The molecule has 1 rings (SSSR count). The Morgan fingerprint density at radius 2 is 2.15 bits per heavy atom. The van der Waals surface area contributed by atoms with Crippen molar-refractivity contribution in [3.8, 4) is 0 Å². The fraction of sp³-hybridized carbons (Fsp3) is 1.00. The third-order valence-corrected chi connectivity index (χ3v) is 4.67. The van der Waals surface area contributed by atoms with Crippen LogP contribution in [0.15, 0.2) is 0 Å². The van der Waals surface area contributed by atoms with E-state index in [2.05, 4.69) is 31.0 Å². The molecule has 1 fully saturated rings. The molecule has 2 unspecified atom stereocenters.